The highest BCUT2D eigenvalue weighted by Gasteiger charge is 2.17. The van der Waals surface area contributed by atoms with Gasteiger partial charge in [-0.3, -0.25) is 29.9 Å². The van der Waals surface area contributed by atoms with Gasteiger partial charge in [-0.15, -0.1) is 0 Å². The molecule has 17 heteroatoms. The molecule has 0 aliphatic carbocycles. The fourth-order valence-corrected chi connectivity index (χ4v) is 13.5. The fourth-order valence-electron chi connectivity index (χ4n) is 13.5. The zero-order valence-corrected chi connectivity index (χ0v) is 76.5. The third kappa shape index (κ3) is 27.7. The summed E-state index contributed by atoms with van der Waals surface area (Å²) in [6.07, 6.45) is 21.7. The maximum absolute atomic E-state index is 4.47. The van der Waals surface area contributed by atoms with Crippen molar-refractivity contribution in [2.24, 2.45) is 0 Å². The van der Waals surface area contributed by atoms with Gasteiger partial charge in [-0.2, -0.15) is 0 Å². The second-order valence-electron chi connectivity index (χ2n) is 35.3. The van der Waals surface area contributed by atoms with Crippen molar-refractivity contribution in [3.63, 3.8) is 0 Å². The van der Waals surface area contributed by atoms with Crippen molar-refractivity contribution in [2.45, 2.75) is 278 Å². The third-order valence-corrected chi connectivity index (χ3v) is 19.7. The van der Waals surface area contributed by atoms with Crippen molar-refractivity contribution in [2.75, 3.05) is 37.2 Å². The molecule has 0 spiro atoms. The van der Waals surface area contributed by atoms with Crippen LogP contribution in [0.1, 0.15) is 274 Å². The predicted molar refractivity (Wildman–Crippen MR) is 516 cm³/mol. The smallest absolute Gasteiger partial charge is 0.116 e. The Balaban J connectivity index is 0.000000173. The normalized spacial score (nSPS) is 11.4. The lowest BCUT2D eigenvalue weighted by Gasteiger charge is -2.16. The van der Waals surface area contributed by atoms with Crippen LogP contribution in [0.4, 0.5) is 39.8 Å². The van der Waals surface area contributed by atoms with E-state index in [0.29, 0.717) is 83.7 Å². The highest BCUT2D eigenvalue weighted by atomic mass is 15.0. The second kappa shape index (κ2) is 44.6. The van der Waals surface area contributed by atoms with Crippen LogP contribution in [0.2, 0.25) is 0 Å². The lowest BCUT2D eigenvalue weighted by molar-refractivity contribution is 0.863. The molecule has 0 aliphatic heterocycles. The van der Waals surface area contributed by atoms with Gasteiger partial charge in [0.05, 0.1) is 44.6 Å². The molecule has 14 aromatic rings. The zero-order chi connectivity index (χ0) is 86.9. The summed E-state index contributed by atoms with van der Waals surface area (Å²) in [5.41, 5.74) is 23.4. The van der Waals surface area contributed by atoms with E-state index in [-0.39, 0.29) is 0 Å². The molecule has 7 aromatic carbocycles. The van der Waals surface area contributed by atoms with Crippen LogP contribution in [-0.2, 0) is 0 Å². The Kier molecular flexibility index (Phi) is 34.9. The Morgan fingerprint density at radius 2 is 0.521 bits per heavy atom. The number of fused-ring (bicyclic) bond motifs is 7. The van der Waals surface area contributed by atoms with E-state index in [9.17, 15) is 0 Å². The number of benzene rings is 7. The first-order chi connectivity index (χ1) is 56.5. The number of pyridine rings is 4. The highest BCUT2D eigenvalue weighted by Crippen LogP contribution is 2.36. The van der Waals surface area contributed by atoms with Crippen LogP contribution in [0.15, 0.2) is 196 Å². The van der Waals surface area contributed by atoms with Gasteiger partial charge in [-0.1, -0.05) is 109 Å². The van der Waals surface area contributed by atoms with E-state index in [1.165, 1.54) is 88.3 Å². The van der Waals surface area contributed by atoms with Crippen LogP contribution in [0.5, 0.6) is 0 Å². The number of aromatic nitrogens is 10. The topological polar surface area (TPSA) is 213 Å². The summed E-state index contributed by atoms with van der Waals surface area (Å²) in [7, 11) is 0. The minimum absolute atomic E-state index is 0.391. The molecule has 0 atom stereocenters. The summed E-state index contributed by atoms with van der Waals surface area (Å²) >= 11 is 0. The Morgan fingerprint density at radius 1 is 0.202 bits per heavy atom. The van der Waals surface area contributed by atoms with E-state index >= 15 is 0 Å². The Morgan fingerprint density at radius 3 is 1.03 bits per heavy atom. The Hall–Kier alpha value is -11.2. The summed E-state index contributed by atoms with van der Waals surface area (Å²) in [6.45, 7) is 61.0. The molecule has 0 saturated heterocycles. The molecule has 0 fully saturated rings. The number of anilines is 7. The average molecular weight is 1600 g/mol. The number of hydrogen-bond acceptors (Lipinski definition) is 17. The number of nitrogens with one attached hydrogen (secondary N) is 7. The number of hydrogen-bond donors (Lipinski definition) is 7. The molecule has 7 N–H and O–H groups in total. The minimum Gasteiger partial charge on any atom is -0.382 e. The summed E-state index contributed by atoms with van der Waals surface area (Å²) in [6, 6.07) is 46.2. The first kappa shape index (κ1) is 93.3. The summed E-state index contributed by atoms with van der Waals surface area (Å²) in [4.78, 5) is 43.0. The Labute approximate surface area is 711 Å². The van der Waals surface area contributed by atoms with Crippen LogP contribution in [0.25, 0.3) is 76.2 Å². The van der Waals surface area contributed by atoms with Crippen molar-refractivity contribution in [1.29, 1.82) is 0 Å². The van der Waals surface area contributed by atoms with E-state index in [1.807, 2.05) is 61.7 Å². The largest absolute Gasteiger partial charge is 0.382 e. The molecule has 7 heterocycles. The van der Waals surface area contributed by atoms with Gasteiger partial charge in [0.2, 0.25) is 0 Å². The van der Waals surface area contributed by atoms with E-state index in [1.54, 1.807) is 25.0 Å². The van der Waals surface area contributed by atoms with Crippen molar-refractivity contribution >= 4 is 116 Å². The minimum atomic E-state index is 0.391. The van der Waals surface area contributed by atoms with Gasteiger partial charge >= 0.3 is 0 Å². The molecule has 119 heavy (non-hydrogen) atoms. The van der Waals surface area contributed by atoms with Gasteiger partial charge < -0.3 is 37.2 Å². The number of nitrogens with zero attached hydrogens (tertiary/aromatic N) is 10. The van der Waals surface area contributed by atoms with E-state index in [2.05, 4.69) is 390 Å². The van der Waals surface area contributed by atoms with Crippen LogP contribution >= 0.6 is 0 Å². The van der Waals surface area contributed by atoms with Gasteiger partial charge in [0, 0.05) is 165 Å². The molecular weight excluding hydrogens is 1460 g/mol. The van der Waals surface area contributed by atoms with Crippen molar-refractivity contribution < 1.29 is 0 Å². The standard InChI is InChI=1S/4C15H20N2.3C14H19N3/c1-10(2)12-7-13-9-16-6-5-14(13)15(8-12)17-11(3)4;1-10(2)13-7-12-5-6-16-9-14(12)15(8-13)17-11(3)4;1-10(2)12-8-14-13(6-5-7-16-14)15(9-12)17-11(3)4;1-10(2)13-8-12-6-5-7-16-15(12)14(9-13)17-11(3)4;1-9(2)11-5-13-12(7-15-8-16-13)14(6-11)17-10(3)4;1-9(2)11-5-12-7-15-8-16-14(12)13(6-11)17-10(3)4;1-9(2)11-7-12-14(16-6-5-15-12)13(8-11)17-10(3)4/h4*5-11,17H,1-4H3;3*5-10,17H,1-4H3. The lowest BCUT2D eigenvalue weighted by Crippen LogP contribution is -2.11. The first-order valence-corrected chi connectivity index (χ1v) is 43.1. The van der Waals surface area contributed by atoms with E-state index in [4.69, 9.17) is 0 Å². The van der Waals surface area contributed by atoms with Gasteiger partial charge in [0.1, 0.15) is 18.2 Å². The van der Waals surface area contributed by atoms with E-state index < -0.39 is 0 Å². The van der Waals surface area contributed by atoms with Crippen LogP contribution in [-0.4, -0.2) is 92.1 Å². The van der Waals surface area contributed by atoms with Crippen LogP contribution in [0.3, 0.4) is 0 Å². The lowest BCUT2D eigenvalue weighted by atomic mass is 9.98. The molecule has 0 bridgehead atoms. The maximum atomic E-state index is 4.47. The fraction of sp³-hybridized carbons (Fsp3) is 0.412. The second-order valence-corrected chi connectivity index (χ2v) is 35.3. The van der Waals surface area contributed by atoms with Crippen molar-refractivity contribution in [3.05, 3.63) is 235 Å². The SMILES string of the molecule is CC(C)Nc1cc(C(C)C)cc2cccnc12.CC(C)Nc1cc(C(C)C)cc2ccncc12.CC(C)Nc1cc(C(C)C)cc2cnccc12.CC(C)Nc1cc(C(C)C)cc2cncnc12.CC(C)Nc1cc(C(C)C)cc2ncccc12.CC(C)Nc1cc(C(C)C)cc2nccnc12.CC(C)Nc1cc(C(C)C)cc2ncncc12. The molecule has 0 unspecified atom stereocenters. The summed E-state index contributed by atoms with van der Waals surface area (Å²) < 4.78 is 0. The maximum Gasteiger partial charge on any atom is 0.116 e. The molecule has 17 nitrogen and oxygen atoms in total. The molecule has 7 aromatic heterocycles. The molecular formula is C102H137N17. The van der Waals surface area contributed by atoms with Gasteiger partial charge in [0.15, 0.2) is 0 Å². The summed E-state index contributed by atoms with van der Waals surface area (Å²) in [5, 5.41) is 33.9. The van der Waals surface area contributed by atoms with Gasteiger partial charge in [-0.05, 0) is 292 Å². The quantitative estimate of drug-likeness (QED) is 0.0356. The number of rotatable bonds is 21. The predicted octanol–water partition coefficient (Wildman–Crippen LogP) is 27.4. The highest BCUT2D eigenvalue weighted by molar-refractivity contribution is 5.97. The third-order valence-electron chi connectivity index (χ3n) is 19.7. The molecule has 0 radical (unpaired) electrons. The van der Waals surface area contributed by atoms with Crippen LogP contribution in [0, 0.1) is 0 Å². The molecule has 0 aliphatic rings. The van der Waals surface area contributed by atoms with Gasteiger partial charge in [-0.25, -0.2) is 19.9 Å². The molecule has 0 amide bonds. The van der Waals surface area contributed by atoms with Crippen molar-refractivity contribution in [3.8, 4) is 0 Å². The average Bonchev–Trinajstić information content (AvgIpc) is 0.851. The van der Waals surface area contributed by atoms with Crippen LogP contribution < -0.4 is 37.2 Å². The molecule has 14 rings (SSSR count). The molecule has 630 valence electrons. The van der Waals surface area contributed by atoms with Gasteiger partial charge in [0.25, 0.3) is 0 Å². The first-order valence-electron chi connectivity index (χ1n) is 43.1. The Bertz CT molecular complexity index is 4570. The molecule has 0 saturated carbocycles. The van der Waals surface area contributed by atoms with E-state index in [0.717, 1.165) is 66.6 Å². The monoisotopic (exact) mass is 1600 g/mol. The van der Waals surface area contributed by atoms with Crippen molar-refractivity contribution in [1.82, 2.24) is 49.8 Å². The summed E-state index contributed by atoms with van der Waals surface area (Å²) in [5.74, 6) is 3.64. The zero-order valence-electron chi connectivity index (χ0n) is 76.5.